The molecule has 0 spiro atoms. The fourth-order valence-corrected chi connectivity index (χ4v) is 3.07. The molecule has 2 aromatic rings. The van der Waals surface area contributed by atoms with Crippen LogP contribution in [0.5, 0.6) is 0 Å². The second kappa shape index (κ2) is 8.05. The maximum absolute atomic E-state index is 12.4. The number of aryl methyl sites for hydroxylation is 2. The van der Waals surface area contributed by atoms with Crippen LogP contribution in [-0.2, 0) is 4.79 Å². The van der Waals surface area contributed by atoms with Crippen molar-refractivity contribution >= 4 is 17.5 Å². The predicted molar refractivity (Wildman–Crippen MR) is 98.9 cm³/mol. The summed E-state index contributed by atoms with van der Waals surface area (Å²) in [6.45, 7) is 6.76. The number of rotatable bonds is 4. The van der Waals surface area contributed by atoms with E-state index < -0.39 is 0 Å². The highest BCUT2D eigenvalue weighted by Crippen LogP contribution is 2.19. The molecule has 7 heteroatoms. The Morgan fingerprint density at radius 2 is 1.77 bits per heavy atom. The number of piperazine rings is 1. The monoisotopic (exact) mass is 353 g/mol. The zero-order valence-corrected chi connectivity index (χ0v) is 15.1. The summed E-state index contributed by atoms with van der Waals surface area (Å²) in [6, 6.07) is 5.95. The third kappa shape index (κ3) is 4.23. The second-order valence-corrected chi connectivity index (χ2v) is 6.47. The van der Waals surface area contributed by atoms with E-state index in [1.165, 1.54) is 12.4 Å². The van der Waals surface area contributed by atoms with Gasteiger partial charge in [-0.15, -0.1) is 0 Å². The molecule has 1 aliphatic rings. The Morgan fingerprint density at radius 3 is 2.38 bits per heavy atom. The van der Waals surface area contributed by atoms with Crippen LogP contribution in [0.2, 0.25) is 0 Å². The minimum atomic E-state index is -0.113. The third-order valence-electron chi connectivity index (χ3n) is 4.55. The van der Waals surface area contributed by atoms with Gasteiger partial charge in [-0.25, -0.2) is 4.98 Å². The Hall–Kier alpha value is -2.80. The second-order valence-electron chi connectivity index (χ2n) is 6.47. The molecule has 0 aliphatic carbocycles. The van der Waals surface area contributed by atoms with Crippen LogP contribution in [0.15, 0.2) is 36.8 Å². The fourth-order valence-electron chi connectivity index (χ4n) is 3.07. The minimum absolute atomic E-state index is 0.0314. The van der Waals surface area contributed by atoms with Gasteiger partial charge in [-0.2, -0.15) is 0 Å². The maximum Gasteiger partial charge on any atom is 0.274 e. The molecule has 1 fully saturated rings. The van der Waals surface area contributed by atoms with Gasteiger partial charge >= 0.3 is 0 Å². The first kappa shape index (κ1) is 18.0. The number of amides is 2. The van der Waals surface area contributed by atoms with Crippen molar-refractivity contribution in [3.63, 3.8) is 0 Å². The minimum Gasteiger partial charge on any atom is -0.335 e. The van der Waals surface area contributed by atoms with Gasteiger partial charge in [0, 0.05) is 44.3 Å². The number of anilines is 1. The highest BCUT2D eigenvalue weighted by Gasteiger charge is 2.24. The number of carbonyl (C=O) groups is 2. The molecule has 7 nitrogen and oxygen atoms in total. The van der Waals surface area contributed by atoms with E-state index in [4.69, 9.17) is 0 Å². The van der Waals surface area contributed by atoms with Gasteiger partial charge in [-0.05, 0) is 25.0 Å². The summed E-state index contributed by atoms with van der Waals surface area (Å²) < 4.78 is 0. The standard InChI is InChI=1S/C19H23N5O2/c1-14-4-3-5-15(2)18(14)22-17(25)13-23-8-10-24(11-9-23)19(26)16-12-20-6-7-21-16/h3-7,12H,8-11,13H2,1-2H3,(H,22,25). The smallest absolute Gasteiger partial charge is 0.274 e. The van der Waals surface area contributed by atoms with Gasteiger partial charge in [0.05, 0.1) is 12.7 Å². The van der Waals surface area contributed by atoms with Crippen LogP contribution >= 0.6 is 0 Å². The number of nitrogens with one attached hydrogen (secondary N) is 1. The molecule has 0 saturated carbocycles. The molecule has 1 aromatic carbocycles. The summed E-state index contributed by atoms with van der Waals surface area (Å²) >= 11 is 0. The van der Waals surface area contributed by atoms with Crippen LogP contribution in [-0.4, -0.2) is 64.3 Å². The molecule has 1 saturated heterocycles. The Bertz CT molecular complexity index is 766. The van der Waals surface area contributed by atoms with Crippen molar-refractivity contribution in [2.45, 2.75) is 13.8 Å². The average molecular weight is 353 g/mol. The van der Waals surface area contributed by atoms with Crippen molar-refractivity contribution in [3.8, 4) is 0 Å². The maximum atomic E-state index is 12.4. The number of benzene rings is 1. The number of hydrogen-bond donors (Lipinski definition) is 1. The average Bonchev–Trinajstić information content (AvgIpc) is 2.66. The normalized spacial score (nSPS) is 14.9. The van der Waals surface area contributed by atoms with Gasteiger partial charge in [0.1, 0.15) is 5.69 Å². The van der Waals surface area contributed by atoms with E-state index in [0.29, 0.717) is 38.4 Å². The van der Waals surface area contributed by atoms with Gasteiger partial charge < -0.3 is 10.2 Å². The first-order valence-electron chi connectivity index (χ1n) is 8.68. The predicted octanol–water partition coefficient (Wildman–Crippen LogP) is 1.49. The molecule has 0 unspecified atom stereocenters. The lowest BCUT2D eigenvalue weighted by Crippen LogP contribution is -2.50. The molecule has 0 atom stereocenters. The quantitative estimate of drug-likeness (QED) is 0.901. The number of para-hydroxylation sites is 1. The van der Waals surface area contributed by atoms with E-state index in [-0.39, 0.29) is 11.8 Å². The molecular weight excluding hydrogens is 330 g/mol. The molecule has 1 N–H and O–H groups in total. The fraction of sp³-hybridized carbons (Fsp3) is 0.368. The van der Waals surface area contributed by atoms with E-state index in [9.17, 15) is 9.59 Å². The Morgan fingerprint density at radius 1 is 1.08 bits per heavy atom. The zero-order chi connectivity index (χ0) is 18.5. The van der Waals surface area contributed by atoms with E-state index in [1.807, 2.05) is 32.0 Å². The molecule has 3 rings (SSSR count). The zero-order valence-electron chi connectivity index (χ0n) is 15.1. The lowest BCUT2D eigenvalue weighted by molar-refractivity contribution is -0.117. The van der Waals surface area contributed by atoms with Crippen LogP contribution in [0, 0.1) is 13.8 Å². The van der Waals surface area contributed by atoms with Crippen LogP contribution in [0.25, 0.3) is 0 Å². The number of carbonyl (C=O) groups excluding carboxylic acids is 2. The van der Waals surface area contributed by atoms with Gasteiger partial charge in [0.15, 0.2) is 0 Å². The van der Waals surface area contributed by atoms with Crippen LogP contribution in [0.4, 0.5) is 5.69 Å². The molecule has 26 heavy (non-hydrogen) atoms. The molecular formula is C19H23N5O2. The Labute approximate surface area is 153 Å². The van der Waals surface area contributed by atoms with Crippen LogP contribution in [0.1, 0.15) is 21.6 Å². The van der Waals surface area contributed by atoms with E-state index in [2.05, 4.69) is 20.2 Å². The van der Waals surface area contributed by atoms with Crippen molar-refractivity contribution in [2.24, 2.45) is 0 Å². The Balaban J connectivity index is 1.51. The van der Waals surface area contributed by atoms with Crippen molar-refractivity contribution < 1.29 is 9.59 Å². The van der Waals surface area contributed by atoms with Gasteiger partial charge in [0.25, 0.3) is 5.91 Å². The van der Waals surface area contributed by atoms with Crippen molar-refractivity contribution in [1.29, 1.82) is 0 Å². The number of nitrogens with zero attached hydrogens (tertiary/aromatic N) is 4. The van der Waals surface area contributed by atoms with E-state index in [1.54, 1.807) is 11.1 Å². The topological polar surface area (TPSA) is 78.4 Å². The van der Waals surface area contributed by atoms with Crippen molar-refractivity contribution in [2.75, 3.05) is 38.0 Å². The molecule has 0 bridgehead atoms. The summed E-state index contributed by atoms with van der Waals surface area (Å²) in [6.07, 6.45) is 4.54. The SMILES string of the molecule is Cc1cccc(C)c1NC(=O)CN1CCN(C(=O)c2cnccn2)CC1. The summed E-state index contributed by atoms with van der Waals surface area (Å²) in [5.41, 5.74) is 3.35. The number of aromatic nitrogens is 2. The first-order chi connectivity index (χ1) is 12.5. The van der Waals surface area contributed by atoms with Crippen molar-refractivity contribution in [1.82, 2.24) is 19.8 Å². The third-order valence-corrected chi connectivity index (χ3v) is 4.55. The van der Waals surface area contributed by atoms with E-state index in [0.717, 1.165) is 16.8 Å². The largest absolute Gasteiger partial charge is 0.335 e. The van der Waals surface area contributed by atoms with Crippen molar-refractivity contribution in [3.05, 3.63) is 53.6 Å². The lowest BCUT2D eigenvalue weighted by Gasteiger charge is -2.34. The van der Waals surface area contributed by atoms with Crippen LogP contribution in [0.3, 0.4) is 0 Å². The molecule has 2 heterocycles. The molecule has 1 aliphatic heterocycles. The molecule has 0 radical (unpaired) electrons. The lowest BCUT2D eigenvalue weighted by atomic mass is 10.1. The highest BCUT2D eigenvalue weighted by atomic mass is 16.2. The first-order valence-corrected chi connectivity index (χ1v) is 8.68. The van der Waals surface area contributed by atoms with Gasteiger partial charge in [-0.3, -0.25) is 19.5 Å². The van der Waals surface area contributed by atoms with E-state index >= 15 is 0 Å². The van der Waals surface area contributed by atoms with Gasteiger partial charge in [-0.1, -0.05) is 18.2 Å². The Kier molecular flexibility index (Phi) is 5.58. The molecule has 2 amide bonds. The summed E-state index contributed by atoms with van der Waals surface area (Å²) in [4.78, 5) is 36.5. The van der Waals surface area contributed by atoms with Crippen LogP contribution < -0.4 is 5.32 Å². The summed E-state index contributed by atoms with van der Waals surface area (Å²) in [5.74, 6) is -0.145. The molecule has 136 valence electrons. The highest BCUT2D eigenvalue weighted by molar-refractivity contribution is 5.94. The summed E-state index contributed by atoms with van der Waals surface area (Å²) in [7, 11) is 0. The summed E-state index contributed by atoms with van der Waals surface area (Å²) in [5, 5.41) is 3.01. The van der Waals surface area contributed by atoms with Gasteiger partial charge in [0.2, 0.25) is 5.91 Å². The molecule has 1 aromatic heterocycles. The number of hydrogen-bond acceptors (Lipinski definition) is 5.